The molecule has 0 radical (unpaired) electrons. The van der Waals surface area contributed by atoms with Crippen LogP contribution in [0.5, 0.6) is 0 Å². The highest BCUT2D eigenvalue weighted by atomic mass is 16.5. The summed E-state index contributed by atoms with van der Waals surface area (Å²) in [6.07, 6.45) is 4.30. The van der Waals surface area contributed by atoms with E-state index in [2.05, 4.69) is 34.9 Å². The molecule has 0 saturated heterocycles. The maximum absolute atomic E-state index is 12.4. The fraction of sp³-hybridized carbons (Fsp3) is 0.550. The molecular weight excluding hydrogens is 316 g/mol. The maximum Gasteiger partial charge on any atom is 0.245 e. The van der Waals surface area contributed by atoms with Crippen LogP contribution in [0.15, 0.2) is 35.5 Å². The van der Waals surface area contributed by atoms with Gasteiger partial charge in [0.05, 0.1) is 6.61 Å². The zero-order valence-corrected chi connectivity index (χ0v) is 15.6. The molecular formula is C20H30N2O3. The van der Waals surface area contributed by atoms with Gasteiger partial charge in [0.15, 0.2) is 0 Å². The molecule has 5 heteroatoms. The highest BCUT2D eigenvalue weighted by molar-refractivity contribution is 5.82. The number of nitrogens with one attached hydrogen (secondary N) is 2. The van der Waals surface area contributed by atoms with Crippen molar-refractivity contribution >= 4 is 5.91 Å². The monoisotopic (exact) mass is 346 g/mol. The van der Waals surface area contributed by atoms with Gasteiger partial charge in [-0.2, -0.15) is 0 Å². The second-order valence-corrected chi connectivity index (χ2v) is 6.51. The highest BCUT2D eigenvalue weighted by Gasteiger charge is 2.21. The zero-order valence-electron chi connectivity index (χ0n) is 15.6. The first kappa shape index (κ1) is 19.5. The van der Waals surface area contributed by atoms with E-state index in [4.69, 9.17) is 9.47 Å². The summed E-state index contributed by atoms with van der Waals surface area (Å²) in [5.74, 6) is -0.0355. The minimum atomic E-state index is -0.355. The molecule has 0 aromatic heterocycles. The molecule has 1 aliphatic carbocycles. The van der Waals surface area contributed by atoms with Crippen molar-refractivity contribution in [3.63, 3.8) is 0 Å². The van der Waals surface area contributed by atoms with Crippen LogP contribution in [0.25, 0.3) is 0 Å². The summed E-state index contributed by atoms with van der Waals surface area (Å²) in [4.78, 5) is 12.4. The molecule has 25 heavy (non-hydrogen) atoms. The average molecular weight is 346 g/mol. The van der Waals surface area contributed by atoms with Gasteiger partial charge in [-0.15, -0.1) is 0 Å². The van der Waals surface area contributed by atoms with Crippen molar-refractivity contribution in [3.8, 4) is 0 Å². The standard InChI is InChI=1S/C20H30N2O3/c1-15(18-10-11-18)22-19(14-25-3)20(23)21-13-17-8-6-16(7-9-17)5-4-12-24-2/h6-9,19,22H,4-5,10-14H2,1-3H3,(H,21,23)/t19-/m1/s1. The number of carbonyl (C=O) groups excluding carboxylic acids is 1. The number of aryl methyl sites for hydroxylation is 1. The lowest BCUT2D eigenvalue weighted by atomic mass is 10.1. The van der Waals surface area contributed by atoms with Gasteiger partial charge in [-0.3, -0.25) is 4.79 Å². The molecule has 138 valence electrons. The number of rotatable bonds is 11. The van der Waals surface area contributed by atoms with E-state index in [0.29, 0.717) is 13.2 Å². The molecule has 0 bridgehead atoms. The summed E-state index contributed by atoms with van der Waals surface area (Å²) in [6, 6.07) is 8.01. The van der Waals surface area contributed by atoms with Crippen LogP contribution < -0.4 is 10.6 Å². The van der Waals surface area contributed by atoms with Crippen LogP contribution >= 0.6 is 0 Å². The number of hydrogen-bond acceptors (Lipinski definition) is 4. The topological polar surface area (TPSA) is 59.6 Å². The maximum atomic E-state index is 12.4. The Bertz CT molecular complexity index is 575. The van der Waals surface area contributed by atoms with Crippen LogP contribution in [-0.4, -0.2) is 39.4 Å². The van der Waals surface area contributed by atoms with Crippen LogP contribution in [0.3, 0.4) is 0 Å². The number of benzene rings is 1. The zero-order chi connectivity index (χ0) is 18.1. The van der Waals surface area contributed by atoms with E-state index in [-0.39, 0.29) is 11.9 Å². The third-order valence-electron chi connectivity index (χ3n) is 4.37. The number of methoxy groups -OCH3 is 2. The van der Waals surface area contributed by atoms with Crippen molar-refractivity contribution in [2.45, 2.75) is 45.2 Å². The van der Waals surface area contributed by atoms with Gasteiger partial charge in [-0.05, 0) is 43.7 Å². The van der Waals surface area contributed by atoms with Crippen LogP contribution in [0.1, 0.15) is 37.3 Å². The molecule has 1 aromatic rings. The largest absolute Gasteiger partial charge is 0.385 e. The minimum absolute atomic E-state index is 0.0355. The van der Waals surface area contributed by atoms with Gasteiger partial charge in [0.1, 0.15) is 6.04 Å². The third-order valence-corrected chi connectivity index (χ3v) is 4.37. The summed E-state index contributed by atoms with van der Waals surface area (Å²) >= 11 is 0. The van der Waals surface area contributed by atoms with Gasteiger partial charge >= 0.3 is 0 Å². The Morgan fingerprint density at radius 2 is 1.80 bits per heavy atom. The molecule has 5 nitrogen and oxygen atoms in total. The molecule has 0 heterocycles. The van der Waals surface area contributed by atoms with E-state index >= 15 is 0 Å². The van der Waals surface area contributed by atoms with Gasteiger partial charge < -0.3 is 20.1 Å². The summed E-state index contributed by atoms with van der Waals surface area (Å²) in [6.45, 7) is 3.69. The first-order valence-electron chi connectivity index (χ1n) is 8.92. The Morgan fingerprint density at radius 3 is 2.40 bits per heavy atom. The lowest BCUT2D eigenvalue weighted by Crippen LogP contribution is -2.46. The number of allylic oxidation sites excluding steroid dienone is 2. The predicted molar refractivity (Wildman–Crippen MR) is 99.2 cm³/mol. The molecule has 0 aliphatic heterocycles. The van der Waals surface area contributed by atoms with Crippen LogP contribution in [0.4, 0.5) is 0 Å². The minimum Gasteiger partial charge on any atom is -0.385 e. The van der Waals surface area contributed by atoms with Crippen molar-refractivity contribution in [1.29, 1.82) is 0 Å². The van der Waals surface area contributed by atoms with E-state index < -0.39 is 0 Å². The first-order chi connectivity index (χ1) is 12.1. The molecule has 1 saturated carbocycles. The fourth-order valence-corrected chi connectivity index (χ4v) is 2.71. The van der Waals surface area contributed by atoms with E-state index in [1.54, 1.807) is 14.2 Å². The number of ether oxygens (including phenoxy) is 2. The molecule has 0 unspecified atom stereocenters. The fourth-order valence-electron chi connectivity index (χ4n) is 2.71. The van der Waals surface area contributed by atoms with Crippen molar-refractivity contribution in [1.82, 2.24) is 10.6 Å². The van der Waals surface area contributed by atoms with Gasteiger partial charge in [0.2, 0.25) is 5.91 Å². The van der Waals surface area contributed by atoms with Crippen LogP contribution in [0.2, 0.25) is 0 Å². The van der Waals surface area contributed by atoms with Gasteiger partial charge in [-0.1, -0.05) is 29.8 Å². The highest BCUT2D eigenvalue weighted by Crippen LogP contribution is 2.30. The Kier molecular flexibility index (Phi) is 7.95. The Morgan fingerprint density at radius 1 is 1.12 bits per heavy atom. The smallest absolute Gasteiger partial charge is 0.245 e. The van der Waals surface area contributed by atoms with Crippen LogP contribution in [0, 0.1) is 0 Å². The Labute approximate surface area is 150 Å². The van der Waals surface area contributed by atoms with E-state index in [1.165, 1.54) is 11.1 Å². The molecule has 1 atom stereocenters. The lowest BCUT2D eigenvalue weighted by molar-refractivity contribution is -0.124. The first-order valence-corrected chi connectivity index (χ1v) is 8.92. The van der Waals surface area contributed by atoms with E-state index in [9.17, 15) is 4.79 Å². The normalized spacial score (nSPS) is 14.1. The SMILES string of the molecule is COCCCc1ccc(CNC(=O)[C@@H](COC)NC(C)=C2CC2)cc1. The van der Waals surface area contributed by atoms with Gasteiger partial charge in [0.25, 0.3) is 0 Å². The molecule has 1 fully saturated rings. The molecule has 1 amide bonds. The lowest BCUT2D eigenvalue weighted by Gasteiger charge is -2.19. The van der Waals surface area contributed by atoms with Crippen molar-refractivity contribution < 1.29 is 14.3 Å². The number of carbonyl (C=O) groups is 1. The van der Waals surface area contributed by atoms with Crippen molar-refractivity contribution in [3.05, 3.63) is 46.7 Å². The summed E-state index contributed by atoms with van der Waals surface area (Å²) in [5.41, 5.74) is 4.89. The average Bonchev–Trinajstić information content (AvgIpc) is 3.46. The summed E-state index contributed by atoms with van der Waals surface area (Å²) in [5, 5.41) is 6.28. The molecule has 2 N–H and O–H groups in total. The molecule has 2 rings (SSSR count). The van der Waals surface area contributed by atoms with Gasteiger partial charge in [0, 0.05) is 33.1 Å². The quantitative estimate of drug-likeness (QED) is 0.605. The second kappa shape index (κ2) is 10.2. The molecule has 0 spiro atoms. The summed E-state index contributed by atoms with van der Waals surface area (Å²) < 4.78 is 10.3. The van der Waals surface area contributed by atoms with E-state index in [0.717, 1.165) is 43.6 Å². The number of amides is 1. The Balaban J connectivity index is 1.81. The van der Waals surface area contributed by atoms with Crippen LogP contribution in [-0.2, 0) is 27.2 Å². The Hall–Kier alpha value is -1.85. The van der Waals surface area contributed by atoms with Gasteiger partial charge in [-0.25, -0.2) is 0 Å². The number of hydrogen-bond donors (Lipinski definition) is 2. The van der Waals surface area contributed by atoms with Crippen molar-refractivity contribution in [2.24, 2.45) is 0 Å². The van der Waals surface area contributed by atoms with E-state index in [1.807, 2.05) is 6.92 Å². The third kappa shape index (κ3) is 6.88. The summed E-state index contributed by atoms with van der Waals surface area (Å²) in [7, 11) is 3.34. The van der Waals surface area contributed by atoms with Crippen molar-refractivity contribution in [2.75, 3.05) is 27.4 Å². The predicted octanol–water partition coefficient (Wildman–Crippen LogP) is 2.55. The second-order valence-electron chi connectivity index (χ2n) is 6.51. The molecule has 1 aliphatic rings. The molecule has 1 aromatic carbocycles.